The lowest BCUT2D eigenvalue weighted by Crippen LogP contribution is -2.40. The van der Waals surface area contributed by atoms with Gasteiger partial charge in [-0.25, -0.2) is 4.98 Å². The Morgan fingerprint density at radius 1 is 1.27 bits per heavy atom. The molecule has 1 unspecified atom stereocenters. The van der Waals surface area contributed by atoms with Gasteiger partial charge in [-0.05, 0) is 44.0 Å². The predicted molar refractivity (Wildman–Crippen MR) is 102 cm³/mol. The van der Waals surface area contributed by atoms with E-state index >= 15 is 0 Å². The van der Waals surface area contributed by atoms with Crippen molar-refractivity contribution in [1.82, 2.24) is 15.6 Å². The summed E-state index contributed by atoms with van der Waals surface area (Å²) in [6, 6.07) is 11.1. The summed E-state index contributed by atoms with van der Waals surface area (Å²) in [7, 11) is 0. The van der Waals surface area contributed by atoms with Crippen molar-refractivity contribution < 1.29 is 14.3 Å². The number of ether oxygens (including phenoxy) is 2. The molecule has 1 aliphatic rings. The van der Waals surface area contributed by atoms with E-state index in [-0.39, 0.29) is 24.4 Å². The summed E-state index contributed by atoms with van der Waals surface area (Å²) in [6.07, 6.45) is 3.66. The first-order chi connectivity index (χ1) is 12.3. The Morgan fingerprint density at radius 3 is 2.73 bits per heavy atom. The molecule has 0 spiro atoms. The number of pyridine rings is 1. The van der Waals surface area contributed by atoms with Crippen molar-refractivity contribution in [3.63, 3.8) is 0 Å². The van der Waals surface area contributed by atoms with Crippen LogP contribution in [-0.2, 0) is 11.3 Å². The molecule has 1 saturated heterocycles. The Balaban J connectivity index is 0.00000243. The standard InChI is InChI=1S/C19H23N3O3.ClH/c1-2-24-16-7-3-4-8-17(16)25-18-10-9-14(12-21-18)13-22-19(23)15-6-5-11-20-15;/h3-4,7-10,12,15,20H,2,5-6,11,13H2,1H3,(H,22,23);1H. The zero-order chi connectivity index (χ0) is 17.5. The molecule has 1 atom stereocenters. The maximum Gasteiger partial charge on any atom is 0.237 e. The normalized spacial score (nSPS) is 15.8. The third-order valence-corrected chi connectivity index (χ3v) is 4.00. The summed E-state index contributed by atoms with van der Waals surface area (Å²) in [5, 5.41) is 6.12. The van der Waals surface area contributed by atoms with Gasteiger partial charge in [0.2, 0.25) is 11.8 Å². The van der Waals surface area contributed by atoms with Gasteiger partial charge < -0.3 is 20.1 Å². The van der Waals surface area contributed by atoms with Crippen molar-refractivity contribution >= 4 is 18.3 Å². The molecule has 0 radical (unpaired) electrons. The lowest BCUT2D eigenvalue weighted by Gasteiger charge is -2.12. The summed E-state index contributed by atoms with van der Waals surface area (Å²) in [4.78, 5) is 16.3. The number of hydrogen-bond donors (Lipinski definition) is 2. The van der Waals surface area contributed by atoms with Crippen LogP contribution in [0.3, 0.4) is 0 Å². The van der Waals surface area contributed by atoms with Crippen LogP contribution in [0.1, 0.15) is 25.3 Å². The monoisotopic (exact) mass is 377 g/mol. The molecule has 2 N–H and O–H groups in total. The van der Waals surface area contributed by atoms with Gasteiger partial charge in [-0.3, -0.25) is 4.79 Å². The van der Waals surface area contributed by atoms with Gasteiger partial charge in [0.15, 0.2) is 11.5 Å². The number of benzene rings is 1. The molecule has 1 aromatic carbocycles. The fourth-order valence-electron chi connectivity index (χ4n) is 2.72. The average molecular weight is 378 g/mol. The van der Waals surface area contributed by atoms with Gasteiger partial charge >= 0.3 is 0 Å². The molecule has 1 aliphatic heterocycles. The van der Waals surface area contributed by atoms with Crippen LogP contribution < -0.4 is 20.1 Å². The Kier molecular flexibility index (Phi) is 7.69. The van der Waals surface area contributed by atoms with Crippen LogP contribution in [-0.4, -0.2) is 30.1 Å². The summed E-state index contributed by atoms with van der Waals surface area (Å²) < 4.78 is 11.3. The number of hydrogen-bond acceptors (Lipinski definition) is 5. The molecule has 2 aromatic rings. The van der Waals surface area contributed by atoms with Gasteiger partial charge in [0.25, 0.3) is 0 Å². The Labute approximate surface area is 159 Å². The van der Waals surface area contributed by atoms with E-state index in [1.165, 1.54) is 0 Å². The molecule has 0 saturated carbocycles. The highest BCUT2D eigenvalue weighted by Crippen LogP contribution is 2.30. The van der Waals surface area contributed by atoms with Crippen LogP contribution in [0.5, 0.6) is 17.4 Å². The van der Waals surface area contributed by atoms with Crippen molar-refractivity contribution in [3.05, 3.63) is 48.2 Å². The highest BCUT2D eigenvalue weighted by atomic mass is 35.5. The molecule has 6 nitrogen and oxygen atoms in total. The second-order valence-corrected chi connectivity index (χ2v) is 5.85. The summed E-state index contributed by atoms with van der Waals surface area (Å²) in [5.74, 6) is 1.85. The van der Waals surface area contributed by atoms with E-state index in [9.17, 15) is 4.79 Å². The highest BCUT2D eigenvalue weighted by molar-refractivity contribution is 5.85. The number of carbonyl (C=O) groups is 1. The van der Waals surface area contributed by atoms with Crippen molar-refractivity contribution in [1.29, 1.82) is 0 Å². The first-order valence-electron chi connectivity index (χ1n) is 8.62. The molecule has 3 rings (SSSR count). The number of rotatable bonds is 7. The maximum absolute atomic E-state index is 12.0. The number of aromatic nitrogens is 1. The molecule has 26 heavy (non-hydrogen) atoms. The van der Waals surface area contributed by atoms with Crippen LogP contribution in [0.2, 0.25) is 0 Å². The molecule has 0 bridgehead atoms. The third kappa shape index (κ3) is 5.34. The van der Waals surface area contributed by atoms with Crippen molar-refractivity contribution in [2.24, 2.45) is 0 Å². The first kappa shape index (κ1) is 20.0. The smallest absolute Gasteiger partial charge is 0.237 e. The molecule has 140 valence electrons. The van der Waals surface area contributed by atoms with E-state index in [4.69, 9.17) is 9.47 Å². The Hall–Kier alpha value is -2.31. The van der Waals surface area contributed by atoms with Crippen LogP contribution in [0.15, 0.2) is 42.6 Å². The number of para-hydroxylation sites is 2. The molecular weight excluding hydrogens is 354 g/mol. The first-order valence-corrected chi connectivity index (χ1v) is 8.62. The van der Waals surface area contributed by atoms with Gasteiger partial charge in [-0.15, -0.1) is 12.4 Å². The van der Waals surface area contributed by atoms with Crippen molar-refractivity contribution in [2.75, 3.05) is 13.2 Å². The molecule has 1 fully saturated rings. The van der Waals surface area contributed by atoms with E-state index in [0.29, 0.717) is 30.5 Å². The van der Waals surface area contributed by atoms with E-state index in [1.54, 1.807) is 12.3 Å². The van der Waals surface area contributed by atoms with Crippen molar-refractivity contribution in [2.45, 2.75) is 32.4 Å². The van der Waals surface area contributed by atoms with Crippen LogP contribution >= 0.6 is 12.4 Å². The number of amides is 1. The molecule has 1 amide bonds. The van der Waals surface area contributed by atoms with Crippen LogP contribution in [0.25, 0.3) is 0 Å². The lowest BCUT2D eigenvalue weighted by molar-refractivity contribution is -0.122. The van der Waals surface area contributed by atoms with Gasteiger partial charge in [0.05, 0.1) is 12.6 Å². The minimum atomic E-state index is -0.0642. The molecule has 2 heterocycles. The Bertz CT molecular complexity index is 703. The zero-order valence-corrected chi connectivity index (χ0v) is 15.6. The molecular formula is C19H24ClN3O3. The summed E-state index contributed by atoms with van der Waals surface area (Å²) >= 11 is 0. The van der Waals surface area contributed by atoms with Crippen LogP contribution in [0, 0.1) is 0 Å². The van der Waals surface area contributed by atoms with Gasteiger partial charge in [-0.1, -0.05) is 18.2 Å². The van der Waals surface area contributed by atoms with Gasteiger partial charge in [-0.2, -0.15) is 0 Å². The number of nitrogens with one attached hydrogen (secondary N) is 2. The second kappa shape index (κ2) is 9.99. The zero-order valence-electron chi connectivity index (χ0n) is 14.7. The quantitative estimate of drug-likeness (QED) is 0.775. The fourth-order valence-corrected chi connectivity index (χ4v) is 2.72. The fraction of sp³-hybridized carbons (Fsp3) is 0.368. The van der Waals surface area contributed by atoms with E-state index < -0.39 is 0 Å². The van der Waals surface area contributed by atoms with Gasteiger partial charge in [0, 0.05) is 18.8 Å². The second-order valence-electron chi connectivity index (χ2n) is 5.85. The topological polar surface area (TPSA) is 72.5 Å². The van der Waals surface area contributed by atoms with E-state index in [0.717, 1.165) is 24.9 Å². The third-order valence-electron chi connectivity index (χ3n) is 4.00. The largest absolute Gasteiger partial charge is 0.490 e. The lowest BCUT2D eigenvalue weighted by atomic mass is 10.2. The predicted octanol–water partition coefficient (Wildman–Crippen LogP) is 3.06. The number of halogens is 1. The summed E-state index contributed by atoms with van der Waals surface area (Å²) in [5.41, 5.74) is 0.928. The molecule has 7 heteroatoms. The van der Waals surface area contributed by atoms with Crippen LogP contribution in [0.4, 0.5) is 0 Å². The number of nitrogens with zero attached hydrogens (tertiary/aromatic N) is 1. The van der Waals surface area contributed by atoms with Crippen molar-refractivity contribution in [3.8, 4) is 17.4 Å². The molecule has 0 aliphatic carbocycles. The maximum atomic E-state index is 12.0. The Morgan fingerprint density at radius 2 is 2.08 bits per heavy atom. The highest BCUT2D eigenvalue weighted by Gasteiger charge is 2.21. The van der Waals surface area contributed by atoms with E-state index in [2.05, 4.69) is 15.6 Å². The SMILES string of the molecule is CCOc1ccccc1Oc1ccc(CNC(=O)C2CCCN2)cn1.Cl. The minimum Gasteiger partial charge on any atom is -0.490 e. The van der Waals surface area contributed by atoms with E-state index in [1.807, 2.05) is 37.3 Å². The van der Waals surface area contributed by atoms with Gasteiger partial charge in [0.1, 0.15) is 0 Å². The average Bonchev–Trinajstić information content (AvgIpc) is 3.17. The number of carbonyl (C=O) groups excluding carboxylic acids is 1. The summed E-state index contributed by atoms with van der Waals surface area (Å²) in [6.45, 7) is 3.87. The minimum absolute atomic E-state index is 0. The molecule has 1 aromatic heterocycles.